The predicted octanol–water partition coefficient (Wildman–Crippen LogP) is 1.89. The van der Waals surface area contributed by atoms with Gasteiger partial charge in [-0.25, -0.2) is 4.98 Å². The Kier molecular flexibility index (Phi) is 6.81. The first-order chi connectivity index (χ1) is 7.76. The zero-order valence-electron chi connectivity index (χ0n) is 8.88. The molecule has 1 aromatic rings. The molecule has 4 N–H and O–H groups in total. The first-order valence-corrected chi connectivity index (χ1v) is 7.41. The molecule has 0 aliphatic rings. The van der Waals surface area contributed by atoms with E-state index in [4.69, 9.17) is 11.0 Å². The molecule has 16 heavy (non-hydrogen) atoms. The van der Waals surface area contributed by atoms with E-state index in [0.717, 1.165) is 34.3 Å². The molecule has 8 heteroatoms. The Bertz CT molecular complexity index is 342. The van der Waals surface area contributed by atoms with E-state index in [1.807, 2.05) is 6.92 Å². The Morgan fingerprint density at radius 3 is 3.06 bits per heavy atom. The van der Waals surface area contributed by atoms with Crippen LogP contribution in [0.2, 0.25) is 0 Å². The van der Waals surface area contributed by atoms with E-state index in [9.17, 15) is 0 Å². The van der Waals surface area contributed by atoms with Gasteiger partial charge in [-0.2, -0.15) is 22.1 Å². The summed E-state index contributed by atoms with van der Waals surface area (Å²) in [5, 5.41) is 8.36. The van der Waals surface area contributed by atoms with Gasteiger partial charge in [0.05, 0.1) is 22.8 Å². The molecule has 0 saturated carbocycles. The van der Waals surface area contributed by atoms with Crippen LogP contribution < -0.4 is 11.0 Å². The van der Waals surface area contributed by atoms with E-state index in [1.165, 1.54) is 0 Å². The Balaban J connectivity index is 2.18. The standard InChI is InChI=1S/C8H14N4OS3/c1-6-11-7(5-15-6)4-14-3-2-8(13-9)12-16-10/h5H,2-4,9-10H2,1H3/b12-8-. The molecule has 0 fully saturated rings. The lowest BCUT2D eigenvalue weighted by molar-refractivity contribution is 0.314. The van der Waals surface area contributed by atoms with Crippen LogP contribution in [0.5, 0.6) is 0 Å². The van der Waals surface area contributed by atoms with Gasteiger partial charge in [-0.05, 0) is 6.92 Å². The summed E-state index contributed by atoms with van der Waals surface area (Å²) >= 11 is 4.29. The molecule has 0 saturated heterocycles. The topological polar surface area (TPSA) is 86.5 Å². The summed E-state index contributed by atoms with van der Waals surface area (Å²) in [6.45, 7) is 2.00. The fourth-order valence-electron chi connectivity index (χ4n) is 0.996. The molecule has 1 aromatic heterocycles. The van der Waals surface area contributed by atoms with Gasteiger partial charge < -0.3 is 4.84 Å². The molecule has 0 aliphatic carbocycles. The van der Waals surface area contributed by atoms with Crippen LogP contribution in [-0.2, 0) is 10.6 Å². The number of hydrogen-bond donors (Lipinski definition) is 2. The lowest BCUT2D eigenvalue weighted by Gasteiger charge is -2.01. The van der Waals surface area contributed by atoms with Crippen LogP contribution in [0.3, 0.4) is 0 Å². The van der Waals surface area contributed by atoms with Gasteiger partial charge in [0.1, 0.15) is 0 Å². The van der Waals surface area contributed by atoms with Gasteiger partial charge in [-0.1, -0.05) is 0 Å². The van der Waals surface area contributed by atoms with Crippen molar-refractivity contribution in [1.82, 2.24) is 4.98 Å². The highest BCUT2D eigenvalue weighted by Gasteiger charge is 2.02. The van der Waals surface area contributed by atoms with Crippen LogP contribution in [0.25, 0.3) is 0 Å². The molecule has 0 atom stereocenters. The van der Waals surface area contributed by atoms with E-state index in [1.54, 1.807) is 23.1 Å². The maximum absolute atomic E-state index is 5.18. The number of thioether (sulfide) groups is 1. The second-order valence-corrected chi connectivity index (χ2v) is 5.43. The van der Waals surface area contributed by atoms with Crippen molar-refractivity contribution in [1.29, 1.82) is 0 Å². The summed E-state index contributed by atoms with van der Waals surface area (Å²) in [5.41, 5.74) is 1.12. The average Bonchev–Trinajstić information content (AvgIpc) is 2.69. The second kappa shape index (κ2) is 7.91. The molecule has 0 spiro atoms. The molecule has 0 amide bonds. The third-order valence-corrected chi connectivity index (χ3v) is 3.79. The van der Waals surface area contributed by atoms with Crippen LogP contribution in [0.1, 0.15) is 17.1 Å². The number of aromatic nitrogens is 1. The molecule has 0 aromatic carbocycles. The van der Waals surface area contributed by atoms with E-state index < -0.39 is 0 Å². The van der Waals surface area contributed by atoms with Crippen LogP contribution in [0.4, 0.5) is 0 Å². The largest absolute Gasteiger partial charge is 0.395 e. The van der Waals surface area contributed by atoms with Gasteiger partial charge in [-0.3, -0.25) is 5.14 Å². The smallest absolute Gasteiger partial charge is 0.222 e. The van der Waals surface area contributed by atoms with Gasteiger partial charge in [0, 0.05) is 23.3 Å². The van der Waals surface area contributed by atoms with E-state index in [-0.39, 0.29) is 0 Å². The lowest BCUT2D eigenvalue weighted by Crippen LogP contribution is -2.11. The highest BCUT2D eigenvalue weighted by Crippen LogP contribution is 2.16. The summed E-state index contributed by atoms with van der Waals surface area (Å²) in [4.78, 5) is 8.94. The maximum Gasteiger partial charge on any atom is 0.222 e. The third kappa shape index (κ3) is 5.17. The molecule has 1 rings (SSSR count). The average molecular weight is 278 g/mol. The minimum Gasteiger partial charge on any atom is -0.395 e. The van der Waals surface area contributed by atoms with Gasteiger partial charge in [0.15, 0.2) is 0 Å². The highest BCUT2D eigenvalue weighted by atomic mass is 32.2. The molecule has 90 valence electrons. The minimum atomic E-state index is 0.467. The summed E-state index contributed by atoms with van der Waals surface area (Å²) in [6.07, 6.45) is 0.675. The summed E-state index contributed by atoms with van der Waals surface area (Å²) in [6, 6.07) is 0. The van der Waals surface area contributed by atoms with Crippen molar-refractivity contribution < 1.29 is 4.84 Å². The van der Waals surface area contributed by atoms with Gasteiger partial charge in [0.2, 0.25) is 5.90 Å². The van der Waals surface area contributed by atoms with E-state index in [0.29, 0.717) is 12.3 Å². The molecular weight excluding hydrogens is 264 g/mol. The molecule has 0 aliphatic heterocycles. The number of rotatable bonds is 6. The number of thiazole rings is 1. The summed E-state index contributed by atoms with van der Waals surface area (Å²) in [5.74, 6) is 7.29. The van der Waals surface area contributed by atoms with E-state index >= 15 is 0 Å². The van der Waals surface area contributed by atoms with E-state index in [2.05, 4.69) is 19.6 Å². The maximum atomic E-state index is 5.18. The fraction of sp³-hybridized carbons (Fsp3) is 0.500. The summed E-state index contributed by atoms with van der Waals surface area (Å²) < 4.78 is 3.83. The molecule has 5 nitrogen and oxygen atoms in total. The van der Waals surface area contributed by atoms with Crippen molar-refractivity contribution in [2.24, 2.45) is 15.4 Å². The monoisotopic (exact) mass is 278 g/mol. The number of hydrogen-bond acceptors (Lipinski definition) is 8. The first kappa shape index (κ1) is 13.8. The van der Waals surface area contributed by atoms with Crippen molar-refractivity contribution in [3.8, 4) is 0 Å². The Labute approximate surface area is 107 Å². The Morgan fingerprint density at radius 1 is 1.69 bits per heavy atom. The fourth-order valence-corrected chi connectivity index (χ4v) is 2.79. The van der Waals surface area contributed by atoms with Crippen LogP contribution in [-0.4, -0.2) is 16.6 Å². The lowest BCUT2D eigenvalue weighted by atomic mass is 10.5. The normalized spacial score (nSPS) is 11.8. The van der Waals surface area contributed by atoms with Crippen LogP contribution in [0, 0.1) is 6.92 Å². The SMILES string of the molecule is Cc1nc(CSCC/C(=N/SN)ON)cs1. The Morgan fingerprint density at radius 2 is 2.50 bits per heavy atom. The van der Waals surface area contributed by atoms with Crippen LogP contribution in [0.15, 0.2) is 9.78 Å². The molecule has 1 heterocycles. The third-order valence-electron chi connectivity index (χ3n) is 1.67. The zero-order valence-corrected chi connectivity index (χ0v) is 11.3. The first-order valence-electron chi connectivity index (χ1n) is 4.54. The van der Waals surface area contributed by atoms with Gasteiger partial charge in [-0.15, -0.1) is 11.3 Å². The Hall–Kier alpha value is -0.280. The van der Waals surface area contributed by atoms with Crippen molar-refractivity contribution in [3.63, 3.8) is 0 Å². The van der Waals surface area contributed by atoms with Crippen molar-refractivity contribution >= 4 is 41.1 Å². The number of nitrogens with zero attached hydrogens (tertiary/aromatic N) is 2. The zero-order chi connectivity index (χ0) is 11.8. The minimum absolute atomic E-state index is 0.467. The molecule has 0 radical (unpaired) electrons. The highest BCUT2D eigenvalue weighted by molar-refractivity contribution is 7.98. The van der Waals surface area contributed by atoms with Crippen molar-refractivity contribution in [3.05, 3.63) is 16.1 Å². The predicted molar refractivity (Wildman–Crippen MR) is 72.1 cm³/mol. The number of nitrogens with two attached hydrogens (primary N) is 2. The van der Waals surface area contributed by atoms with Gasteiger partial charge >= 0.3 is 0 Å². The van der Waals surface area contributed by atoms with Crippen LogP contribution >= 0.6 is 35.2 Å². The van der Waals surface area contributed by atoms with Gasteiger partial charge in [0.25, 0.3) is 0 Å². The molecular formula is C8H14N4OS3. The summed E-state index contributed by atoms with van der Waals surface area (Å²) in [7, 11) is 0. The molecule has 0 unspecified atom stereocenters. The second-order valence-electron chi connectivity index (χ2n) is 2.87. The quantitative estimate of drug-likeness (QED) is 0.272. The van der Waals surface area contributed by atoms with Crippen molar-refractivity contribution in [2.75, 3.05) is 5.75 Å². The number of aryl methyl sites for hydroxylation is 1. The molecule has 0 bridgehead atoms. The van der Waals surface area contributed by atoms with Crippen molar-refractivity contribution in [2.45, 2.75) is 19.1 Å².